The van der Waals surface area contributed by atoms with Crippen molar-refractivity contribution in [2.45, 2.75) is 12.2 Å². The lowest BCUT2D eigenvalue weighted by atomic mass is 9.92. The van der Waals surface area contributed by atoms with E-state index in [2.05, 4.69) is 0 Å². The lowest BCUT2D eigenvalue weighted by molar-refractivity contribution is -0.164. The van der Waals surface area contributed by atoms with Crippen LogP contribution in [-0.2, 0) is 21.7 Å². The Morgan fingerprint density at radius 2 is 1.46 bits per heavy atom. The van der Waals surface area contributed by atoms with Gasteiger partial charge in [-0.25, -0.2) is 0 Å². The van der Waals surface area contributed by atoms with Crippen molar-refractivity contribution in [2.75, 3.05) is 13.2 Å². The van der Waals surface area contributed by atoms with Gasteiger partial charge in [0.1, 0.15) is 11.5 Å². The Labute approximate surface area is 149 Å². The SMILES string of the molecule is O=C1c2ccccc2C2(Cc3c1c(O)c1ccccc1c3O)OCCO2. The second-order valence-corrected chi connectivity index (χ2v) is 6.60. The Bertz CT molecular complexity index is 1060. The molecule has 1 aliphatic heterocycles. The number of carbonyl (C=O) groups excluding carboxylic acids is 1. The highest BCUT2D eigenvalue weighted by Gasteiger charge is 2.46. The third-order valence-corrected chi connectivity index (χ3v) is 5.23. The molecular formula is C21H16O5. The van der Waals surface area contributed by atoms with Crippen LogP contribution < -0.4 is 0 Å². The van der Waals surface area contributed by atoms with Crippen LogP contribution in [0.15, 0.2) is 48.5 Å². The fourth-order valence-electron chi connectivity index (χ4n) is 4.06. The topological polar surface area (TPSA) is 76.0 Å². The first-order chi connectivity index (χ1) is 12.6. The maximum atomic E-state index is 13.3. The van der Waals surface area contributed by atoms with Gasteiger partial charge in [-0.2, -0.15) is 0 Å². The standard InChI is InChI=1S/C21H16O5/c22-18-12-5-1-2-6-13(12)19(23)17-15(18)11-21(25-9-10-26-21)16-8-4-3-7-14(16)20(17)24/h1-8,22-23H,9-11H2. The van der Waals surface area contributed by atoms with Gasteiger partial charge in [-0.05, 0) is 0 Å². The number of rotatable bonds is 0. The second-order valence-electron chi connectivity index (χ2n) is 6.60. The first-order valence-electron chi connectivity index (χ1n) is 8.50. The molecule has 0 bridgehead atoms. The van der Waals surface area contributed by atoms with E-state index in [1.165, 1.54) is 0 Å². The summed E-state index contributed by atoms with van der Waals surface area (Å²) in [5, 5.41) is 22.7. The zero-order valence-corrected chi connectivity index (χ0v) is 13.9. The summed E-state index contributed by atoms with van der Waals surface area (Å²) < 4.78 is 11.9. The first-order valence-corrected chi connectivity index (χ1v) is 8.50. The van der Waals surface area contributed by atoms with Gasteiger partial charge in [-0.1, -0.05) is 48.5 Å². The average molecular weight is 348 g/mol. The van der Waals surface area contributed by atoms with Crippen LogP contribution >= 0.6 is 0 Å². The summed E-state index contributed by atoms with van der Waals surface area (Å²) in [6, 6.07) is 14.0. The number of hydrogen-bond donors (Lipinski definition) is 2. The van der Waals surface area contributed by atoms with Gasteiger partial charge < -0.3 is 19.7 Å². The molecule has 2 aliphatic rings. The van der Waals surface area contributed by atoms with Crippen LogP contribution in [-0.4, -0.2) is 29.2 Å². The quantitative estimate of drug-likeness (QED) is 0.610. The number of phenols is 2. The maximum Gasteiger partial charge on any atom is 0.199 e. The third-order valence-electron chi connectivity index (χ3n) is 5.23. The Balaban J connectivity index is 1.90. The molecule has 1 spiro atoms. The molecule has 5 heteroatoms. The van der Waals surface area contributed by atoms with E-state index in [9.17, 15) is 15.0 Å². The molecule has 5 nitrogen and oxygen atoms in total. The van der Waals surface area contributed by atoms with Gasteiger partial charge in [0, 0.05) is 33.9 Å². The highest BCUT2D eigenvalue weighted by atomic mass is 16.7. The molecule has 0 unspecified atom stereocenters. The molecule has 0 saturated carbocycles. The molecule has 1 heterocycles. The highest BCUT2D eigenvalue weighted by Crippen LogP contribution is 2.48. The van der Waals surface area contributed by atoms with Gasteiger partial charge in [-0.3, -0.25) is 4.79 Å². The van der Waals surface area contributed by atoms with E-state index in [0.29, 0.717) is 40.7 Å². The van der Waals surface area contributed by atoms with E-state index in [1.807, 2.05) is 6.07 Å². The molecule has 3 aromatic rings. The molecule has 0 aromatic heterocycles. The Morgan fingerprint density at radius 1 is 0.846 bits per heavy atom. The van der Waals surface area contributed by atoms with E-state index >= 15 is 0 Å². The molecular weight excluding hydrogens is 332 g/mol. The maximum absolute atomic E-state index is 13.3. The fourth-order valence-corrected chi connectivity index (χ4v) is 4.06. The smallest absolute Gasteiger partial charge is 0.199 e. The Morgan fingerprint density at radius 3 is 2.19 bits per heavy atom. The average Bonchev–Trinajstić information content (AvgIpc) is 3.11. The molecule has 0 atom stereocenters. The molecule has 1 aliphatic carbocycles. The van der Waals surface area contributed by atoms with Crippen LogP contribution in [0.1, 0.15) is 27.0 Å². The van der Waals surface area contributed by atoms with Crippen LogP contribution in [0.25, 0.3) is 10.8 Å². The highest BCUT2D eigenvalue weighted by molar-refractivity contribution is 6.17. The molecule has 130 valence electrons. The summed E-state index contributed by atoms with van der Waals surface area (Å²) >= 11 is 0. The molecule has 1 fully saturated rings. The monoisotopic (exact) mass is 348 g/mol. The number of ether oxygens (including phenoxy) is 2. The van der Waals surface area contributed by atoms with Crippen molar-refractivity contribution in [3.63, 3.8) is 0 Å². The van der Waals surface area contributed by atoms with Crippen molar-refractivity contribution in [3.8, 4) is 11.5 Å². The second kappa shape index (κ2) is 5.30. The van der Waals surface area contributed by atoms with Crippen LogP contribution in [0.3, 0.4) is 0 Å². The van der Waals surface area contributed by atoms with Crippen molar-refractivity contribution < 1.29 is 24.5 Å². The minimum Gasteiger partial charge on any atom is -0.507 e. The van der Waals surface area contributed by atoms with Crippen LogP contribution in [0, 0.1) is 0 Å². The molecule has 0 amide bonds. The van der Waals surface area contributed by atoms with Gasteiger partial charge in [0.05, 0.1) is 18.8 Å². The zero-order chi connectivity index (χ0) is 17.9. The zero-order valence-electron chi connectivity index (χ0n) is 13.9. The van der Waals surface area contributed by atoms with Crippen molar-refractivity contribution in [2.24, 2.45) is 0 Å². The lowest BCUT2D eigenvalue weighted by Crippen LogP contribution is -2.30. The van der Waals surface area contributed by atoms with Crippen LogP contribution in [0.4, 0.5) is 0 Å². The number of phenolic OH excluding ortho intramolecular Hbond substituents is 2. The normalized spacial score (nSPS) is 17.9. The first kappa shape index (κ1) is 15.4. The van der Waals surface area contributed by atoms with Crippen molar-refractivity contribution in [1.29, 1.82) is 0 Å². The fraction of sp³-hybridized carbons (Fsp3) is 0.190. The third kappa shape index (κ3) is 1.90. The van der Waals surface area contributed by atoms with E-state index < -0.39 is 5.79 Å². The number of ketones is 1. The molecule has 3 aromatic carbocycles. The molecule has 0 radical (unpaired) electrons. The molecule has 1 saturated heterocycles. The van der Waals surface area contributed by atoms with E-state index in [4.69, 9.17) is 9.47 Å². The van der Waals surface area contributed by atoms with E-state index in [0.717, 1.165) is 0 Å². The molecule has 2 N–H and O–H groups in total. The number of fused-ring (bicyclic) bond motifs is 4. The van der Waals surface area contributed by atoms with Gasteiger partial charge >= 0.3 is 0 Å². The van der Waals surface area contributed by atoms with E-state index in [-0.39, 0.29) is 29.3 Å². The van der Waals surface area contributed by atoms with Gasteiger partial charge in [0.15, 0.2) is 11.6 Å². The largest absolute Gasteiger partial charge is 0.507 e. The number of carbonyl (C=O) groups is 1. The minimum absolute atomic E-state index is 0.0203. The van der Waals surface area contributed by atoms with E-state index in [1.54, 1.807) is 42.5 Å². The Kier molecular flexibility index (Phi) is 3.13. The number of benzene rings is 3. The van der Waals surface area contributed by atoms with Crippen molar-refractivity contribution >= 4 is 16.6 Å². The van der Waals surface area contributed by atoms with Gasteiger partial charge in [-0.15, -0.1) is 0 Å². The summed E-state index contributed by atoms with van der Waals surface area (Å²) in [6.07, 6.45) is 0.148. The summed E-state index contributed by atoms with van der Waals surface area (Å²) in [4.78, 5) is 13.3. The van der Waals surface area contributed by atoms with Crippen LogP contribution in [0.5, 0.6) is 11.5 Å². The van der Waals surface area contributed by atoms with Gasteiger partial charge in [0.25, 0.3) is 0 Å². The number of aromatic hydroxyl groups is 2. The Hall–Kier alpha value is -2.89. The summed E-state index contributed by atoms with van der Waals surface area (Å²) in [6.45, 7) is 0.802. The lowest BCUT2D eigenvalue weighted by Gasteiger charge is -2.28. The molecule has 26 heavy (non-hydrogen) atoms. The van der Waals surface area contributed by atoms with Gasteiger partial charge in [0.2, 0.25) is 0 Å². The van der Waals surface area contributed by atoms with Crippen LogP contribution in [0.2, 0.25) is 0 Å². The van der Waals surface area contributed by atoms with Crippen molar-refractivity contribution in [1.82, 2.24) is 0 Å². The summed E-state index contributed by atoms with van der Waals surface area (Å²) in [7, 11) is 0. The summed E-state index contributed by atoms with van der Waals surface area (Å²) in [5.41, 5.74) is 1.51. The minimum atomic E-state index is -1.14. The predicted molar refractivity (Wildman–Crippen MR) is 94.4 cm³/mol. The number of hydrogen-bond acceptors (Lipinski definition) is 5. The summed E-state index contributed by atoms with van der Waals surface area (Å²) in [5.74, 6) is -1.62. The predicted octanol–water partition coefficient (Wildman–Crippen LogP) is 3.24. The molecule has 5 rings (SSSR count). The van der Waals surface area contributed by atoms with Crippen molar-refractivity contribution in [3.05, 3.63) is 70.8 Å².